The van der Waals surface area contributed by atoms with Gasteiger partial charge in [-0.1, -0.05) is 29.8 Å². The fourth-order valence-electron chi connectivity index (χ4n) is 3.25. The topological polar surface area (TPSA) is 41.6 Å². The molecular formula is C17H24Cl2N2O2. The summed E-state index contributed by atoms with van der Waals surface area (Å²) in [4.78, 5) is 14.4. The Balaban J connectivity index is 0.00000192. The van der Waals surface area contributed by atoms with E-state index in [9.17, 15) is 4.79 Å². The third kappa shape index (κ3) is 4.83. The van der Waals surface area contributed by atoms with Crippen molar-refractivity contribution in [2.75, 3.05) is 32.8 Å². The SMILES string of the molecule is Cl.O=C(CCC1CCNC1)N1CCOC(c2ccccc2Cl)C1. The predicted molar refractivity (Wildman–Crippen MR) is 94.2 cm³/mol. The summed E-state index contributed by atoms with van der Waals surface area (Å²) in [5, 5.41) is 4.06. The predicted octanol–water partition coefficient (Wildman–Crippen LogP) is 3.05. The van der Waals surface area contributed by atoms with Crippen molar-refractivity contribution in [2.45, 2.75) is 25.4 Å². The summed E-state index contributed by atoms with van der Waals surface area (Å²) < 4.78 is 5.81. The first-order chi connectivity index (χ1) is 10.7. The number of nitrogens with one attached hydrogen (secondary N) is 1. The van der Waals surface area contributed by atoms with Gasteiger partial charge in [0.25, 0.3) is 0 Å². The molecule has 2 saturated heterocycles. The second kappa shape index (κ2) is 8.88. The maximum absolute atomic E-state index is 12.4. The van der Waals surface area contributed by atoms with Gasteiger partial charge in [0.05, 0.1) is 13.2 Å². The molecule has 1 aromatic carbocycles. The van der Waals surface area contributed by atoms with Crippen LogP contribution in [0.3, 0.4) is 0 Å². The average molecular weight is 359 g/mol. The number of carbonyl (C=O) groups is 1. The van der Waals surface area contributed by atoms with Crippen LogP contribution in [0.15, 0.2) is 24.3 Å². The van der Waals surface area contributed by atoms with Crippen LogP contribution in [0.25, 0.3) is 0 Å². The van der Waals surface area contributed by atoms with Crippen LogP contribution in [0.2, 0.25) is 5.02 Å². The van der Waals surface area contributed by atoms with Gasteiger partial charge in [-0.2, -0.15) is 0 Å². The fraction of sp³-hybridized carbons (Fsp3) is 0.588. The molecule has 2 heterocycles. The van der Waals surface area contributed by atoms with E-state index in [0.717, 1.165) is 25.1 Å². The number of benzene rings is 1. The third-order valence-electron chi connectivity index (χ3n) is 4.60. The van der Waals surface area contributed by atoms with Crippen LogP contribution in [0.4, 0.5) is 0 Å². The first-order valence-corrected chi connectivity index (χ1v) is 8.46. The lowest BCUT2D eigenvalue weighted by molar-refractivity contribution is -0.139. The monoisotopic (exact) mass is 358 g/mol. The largest absolute Gasteiger partial charge is 0.370 e. The lowest BCUT2D eigenvalue weighted by Gasteiger charge is -2.33. The average Bonchev–Trinajstić information content (AvgIpc) is 3.06. The highest BCUT2D eigenvalue weighted by molar-refractivity contribution is 6.31. The molecule has 2 unspecified atom stereocenters. The molecule has 0 aliphatic carbocycles. The van der Waals surface area contributed by atoms with Gasteiger partial charge in [-0.3, -0.25) is 4.79 Å². The van der Waals surface area contributed by atoms with Gasteiger partial charge in [-0.05, 0) is 37.9 Å². The minimum Gasteiger partial charge on any atom is -0.370 e. The van der Waals surface area contributed by atoms with Crippen LogP contribution < -0.4 is 5.32 Å². The van der Waals surface area contributed by atoms with E-state index >= 15 is 0 Å². The molecule has 0 aromatic heterocycles. The van der Waals surface area contributed by atoms with Gasteiger partial charge in [0.2, 0.25) is 5.91 Å². The Hall–Kier alpha value is -0.810. The molecule has 128 valence electrons. The zero-order valence-electron chi connectivity index (χ0n) is 13.2. The molecule has 23 heavy (non-hydrogen) atoms. The van der Waals surface area contributed by atoms with E-state index in [4.69, 9.17) is 16.3 Å². The zero-order valence-corrected chi connectivity index (χ0v) is 14.7. The number of amides is 1. The van der Waals surface area contributed by atoms with Gasteiger partial charge in [0.15, 0.2) is 0 Å². The normalized spacial score (nSPS) is 24.3. The highest BCUT2D eigenvalue weighted by Gasteiger charge is 2.27. The highest BCUT2D eigenvalue weighted by Crippen LogP contribution is 2.28. The Morgan fingerprint density at radius 3 is 2.96 bits per heavy atom. The van der Waals surface area contributed by atoms with E-state index in [0.29, 0.717) is 37.1 Å². The van der Waals surface area contributed by atoms with Crippen molar-refractivity contribution in [1.29, 1.82) is 0 Å². The molecular weight excluding hydrogens is 335 g/mol. The van der Waals surface area contributed by atoms with Crippen molar-refractivity contribution in [3.63, 3.8) is 0 Å². The minimum absolute atomic E-state index is 0. The van der Waals surface area contributed by atoms with Crippen LogP contribution in [0, 0.1) is 5.92 Å². The summed E-state index contributed by atoms with van der Waals surface area (Å²) in [6, 6.07) is 7.71. The Kier molecular flexibility index (Phi) is 7.15. The van der Waals surface area contributed by atoms with Crippen molar-refractivity contribution in [3.05, 3.63) is 34.9 Å². The lowest BCUT2D eigenvalue weighted by atomic mass is 10.0. The van der Waals surface area contributed by atoms with E-state index < -0.39 is 0 Å². The van der Waals surface area contributed by atoms with E-state index in [1.807, 2.05) is 29.2 Å². The van der Waals surface area contributed by atoms with Crippen LogP contribution in [-0.2, 0) is 9.53 Å². The molecule has 0 saturated carbocycles. The summed E-state index contributed by atoms with van der Waals surface area (Å²) in [7, 11) is 0. The first kappa shape index (κ1) is 18.5. The summed E-state index contributed by atoms with van der Waals surface area (Å²) in [6.07, 6.45) is 2.71. The maximum Gasteiger partial charge on any atom is 0.222 e. The summed E-state index contributed by atoms with van der Waals surface area (Å²) in [5.74, 6) is 0.900. The molecule has 2 aliphatic heterocycles. The first-order valence-electron chi connectivity index (χ1n) is 8.08. The summed E-state index contributed by atoms with van der Waals surface area (Å²) >= 11 is 6.24. The van der Waals surface area contributed by atoms with E-state index in [2.05, 4.69) is 5.32 Å². The molecule has 1 N–H and O–H groups in total. The number of carbonyl (C=O) groups excluding carboxylic acids is 1. The van der Waals surface area contributed by atoms with Crippen molar-refractivity contribution >= 4 is 29.9 Å². The second-order valence-corrected chi connectivity index (χ2v) is 6.53. The number of hydrogen-bond donors (Lipinski definition) is 1. The lowest BCUT2D eigenvalue weighted by Crippen LogP contribution is -2.42. The molecule has 3 rings (SSSR count). The van der Waals surface area contributed by atoms with Gasteiger partial charge in [-0.15, -0.1) is 12.4 Å². The Morgan fingerprint density at radius 2 is 2.22 bits per heavy atom. The van der Waals surface area contributed by atoms with Crippen molar-refractivity contribution in [2.24, 2.45) is 5.92 Å². The molecule has 1 aromatic rings. The van der Waals surface area contributed by atoms with Crippen LogP contribution in [-0.4, -0.2) is 43.6 Å². The van der Waals surface area contributed by atoms with Gasteiger partial charge in [0, 0.05) is 23.6 Å². The minimum atomic E-state index is -0.112. The molecule has 0 radical (unpaired) electrons. The van der Waals surface area contributed by atoms with Crippen LogP contribution in [0.5, 0.6) is 0 Å². The van der Waals surface area contributed by atoms with Gasteiger partial charge < -0.3 is 15.0 Å². The van der Waals surface area contributed by atoms with Gasteiger partial charge in [-0.25, -0.2) is 0 Å². The summed E-state index contributed by atoms with van der Waals surface area (Å²) in [6.45, 7) is 4.00. The third-order valence-corrected chi connectivity index (χ3v) is 4.94. The number of halogens is 2. The fourth-order valence-corrected chi connectivity index (χ4v) is 3.50. The van der Waals surface area contributed by atoms with Crippen LogP contribution >= 0.6 is 24.0 Å². The molecule has 2 fully saturated rings. The number of nitrogens with zero attached hydrogens (tertiary/aromatic N) is 1. The van der Waals surface area contributed by atoms with Gasteiger partial charge in [0.1, 0.15) is 6.10 Å². The quantitative estimate of drug-likeness (QED) is 0.899. The molecule has 0 bridgehead atoms. The smallest absolute Gasteiger partial charge is 0.222 e. The second-order valence-electron chi connectivity index (χ2n) is 6.12. The zero-order chi connectivity index (χ0) is 15.4. The molecule has 1 amide bonds. The van der Waals surface area contributed by atoms with Crippen molar-refractivity contribution in [3.8, 4) is 0 Å². The highest BCUT2D eigenvalue weighted by atomic mass is 35.5. The van der Waals surface area contributed by atoms with E-state index in [-0.39, 0.29) is 24.4 Å². The molecule has 6 heteroatoms. The molecule has 0 spiro atoms. The number of ether oxygens (including phenoxy) is 1. The van der Waals surface area contributed by atoms with Crippen molar-refractivity contribution in [1.82, 2.24) is 10.2 Å². The van der Waals surface area contributed by atoms with E-state index in [1.54, 1.807) is 0 Å². The Labute approximate surface area is 148 Å². The Bertz CT molecular complexity index is 521. The van der Waals surface area contributed by atoms with Crippen molar-refractivity contribution < 1.29 is 9.53 Å². The van der Waals surface area contributed by atoms with E-state index in [1.165, 1.54) is 6.42 Å². The number of morpholine rings is 1. The number of hydrogen-bond acceptors (Lipinski definition) is 3. The maximum atomic E-state index is 12.4. The number of rotatable bonds is 4. The molecule has 4 nitrogen and oxygen atoms in total. The molecule has 2 atom stereocenters. The molecule has 2 aliphatic rings. The van der Waals surface area contributed by atoms with Crippen LogP contribution in [0.1, 0.15) is 30.9 Å². The van der Waals surface area contributed by atoms with Gasteiger partial charge >= 0.3 is 0 Å². The standard InChI is InChI=1S/C17H23ClN2O2.ClH/c18-15-4-2-1-3-14(15)16-12-20(9-10-22-16)17(21)6-5-13-7-8-19-11-13;/h1-4,13,16,19H,5-12H2;1H. The Morgan fingerprint density at radius 1 is 1.39 bits per heavy atom. The summed E-state index contributed by atoms with van der Waals surface area (Å²) in [5.41, 5.74) is 0.974.